The quantitative estimate of drug-likeness (QED) is 0.815. The molecule has 0 saturated heterocycles. The minimum absolute atomic E-state index is 0.0774. The van der Waals surface area contributed by atoms with Crippen LogP contribution in [-0.2, 0) is 11.2 Å². The molecule has 0 aliphatic carbocycles. The minimum Gasteiger partial charge on any atom is -0.480 e. The summed E-state index contributed by atoms with van der Waals surface area (Å²) >= 11 is 0. The van der Waals surface area contributed by atoms with Gasteiger partial charge in [0.05, 0.1) is 0 Å². The lowest BCUT2D eigenvalue weighted by molar-refractivity contribution is -0.138. The molecule has 2 aromatic rings. The van der Waals surface area contributed by atoms with Crippen molar-refractivity contribution in [1.29, 1.82) is 0 Å². The number of carboxylic acid groups (broad SMARTS) is 1. The number of hydrogen-bond acceptors (Lipinski definition) is 4. The van der Waals surface area contributed by atoms with Gasteiger partial charge in [-0.25, -0.2) is 9.78 Å². The highest BCUT2D eigenvalue weighted by Gasteiger charge is 2.39. The molecule has 7 heteroatoms. The first kappa shape index (κ1) is 13.0. The van der Waals surface area contributed by atoms with Crippen LogP contribution in [0.1, 0.15) is 26.5 Å². The Morgan fingerprint density at radius 1 is 1.43 bits per heavy atom. The average Bonchev–Trinajstić information content (AvgIpc) is 3.13. The first-order valence-electron chi connectivity index (χ1n) is 6.25. The molecule has 1 aromatic heterocycles. The molecule has 7 nitrogen and oxygen atoms in total. The molecule has 0 fully saturated rings. The van der Waals surface area contributed by atoms with Crippen molar-refractivity contribution in [2.24, 2.45) is 0 Å². The second kappa shape index (κ2) is 4.86. The first-order chi connectivity index (χ1) is 10.1. The second-order valence-electron chi connectivity index (χ2n) is 4.68. The number of carbonyl (C=O) groups excluding carboxylic acids is 2. The number of rotatable bonds is 3. The van der Waals surface area contributed by atoms with E-state index in [1.807, 2.05) is 0 Å². The maximum Gasteiger partial charge on any atom is 0.327 e. The van der Waals surface area contributed by atoms with Crippen LogP contribution in [0.3, 0.4) is 0 Å². The van der Waals surface area contributed by atoms with E-state index in [-0.39, 0.29) is 12.2 Å². The third-order valence-corrected chi connectivity index (χ3v) is 3.43. The zero-order valence-electron chi connectivity index (χ0n) is 10.8. The van der Waals surface area contributed by atoms with Gasteiger partial charge in [0, 0.05) is 30.1 Å². The van der Waals surface area contributed by atoms with Crippen molar-refractivity contribution in [1.82, 2.24) is 9.97 Å². The number of hydrogen-bond donors (Lipinski definition) is 2. The lowest BCUT2D eigenvalue weighted by Crippen LogP contribution is -2.43. The first-order valence-corrected chi connectivity index (χ1v) is 6.25. The molecule has 0 unspecified atom stereocenters. The number of carboxylic acids is 1. The van der Waals surface area contributed by atoms with Crippen molar-refractivity contribution in [2.75, 3.05) is 4.90 Å². The number of aromatic amines is 1. The van der Waals surface area contributed by atoms with E-state index in [2.05, 4.69) is 9.97 Å². The van der Waals surface area contributed by atoms with Gasteiger partial charge in [-0.15, -0.1) is 0 Å². The fraction of sp³-hybridized carbons (Fsp3) is 0.143. The van der Waals surface area contributed by atoms with Crippen LogP contribution in [0, 0.1) is 0 Å². The fourth-order valence-corrected chi connectivity index (χ4v) is 2.49. The summed E-state index contributed by atoms with van der Waals surface area (Å²) in [6.45, 7) is 0. The summed E-state index contributed by atoms with van der Waals surface area (Å²) in [4.78, 5) is 42.4. The summed E-state index contributed by atoms with van der Waals surface area (Å²) in [5.74, 6) is -1.53. The Labute approximate surface area is 119 Å². The average molecular weight is 285 g/mol. The third kappa shape index (κ3) is 2.08. The van der Waals surface area contributed by atoms with Crippen LogP contribution in [0.15, 0.2) is 30.6 Å². The molecule has 1 amide bonds. The molecule has 0 radical (unpaired) electrons. The summed E-state index contributed by atoms with van der Waals surface area (Å²) in [5.41, 5.74) is 1.60. The van der Waals surface area contributed by atoms with E-state index in [4.69, 9.17) is 0 Å². The topological polar surface area (TPSA) is 103 Å². The van der Waals surface area contributed by atoms with Crippen LogP contribution in [0.4, 0.5) is 5.69 Å². The molecule has 0 bridgehead atoms. The second-order valence-corrected chi connectivity index (χ2v) is 4.68. The maximum atomic E-state index is 12.4. The van der Waals surface area contributed by atoms with Crippen LogP contribution in [0.25, 0.3) is 0 Å². The number of fused-ring (bicyclic) bond motifs is 1. The molecule has 106 valence electrons. The number of nitrogens with one attached hydrogen (secondary N) is 1. The highest BCUT2D eigenvalue weighted by atomic mass is 16.4. The molecular weight excluding hydrogens is 274 g/mol. The van der Waals surface area contributed by atoms with Gasteiger partial charge < -0.3 is 10.1 Å². The molecular formula is C14H11N3O4. The van der Waals surface area contributed by atoms with Gasteiger partial charge in [0.15, 0.2) is 5.82 Å². The van der Waals surface area contributed by atoms with Crippen molar-refractivity contribution >= 4 is 23.9 Å². The number of benzene rings is 1. The molecule has 2 N–H and O–H groups in total. The Morgan fingerprint density at radius 3 is 2.86 bits per heavy atom. The standard InChI is InChI=1S/C14H11N3O4/c18-7-8-1-2-10-9(5-8)6-11(14(20)21)17(10)13(19)12-15-3-4-16-12/h1-5,7,11H,6H2,(H,15,16)(H,20,21)/t11-/m0/s1. The number of aromatic nitrogens is 2. The SMILES string of the molecule is O=Cc1ccc2c(c1)C[C@@H](C(=O)O)N2C(=O)c1ncc[nH]1. The Hall–Kier alpha value is -2.96. The Balaban J connectivity index is 2.06. The van der Waals surface area contributed by atoms with Crippen LogP contribution in [0.5, 0.6) is 0 Å². The zero-order valence-corrected chi connectivity index (χ0v) is 10.8. The van der Waals surface area contributed by atoms with Crippen molar-refractivity contribution < 1.29 is 19.5 Å². The Kier molecular flexibility index (Phi) is 3.02. The van der Waals surface area contributed by atoms with Gasteiger partial charge >= 0.3 is 5.97 Å². The number of aldehydes is 1. The molecule has 1 aromatic carbocycles. The van der Waals surface area contributed by atoms with E-state index < -0.39 is 17.9 Å². The predicted molar refractivity (Wildman–Crippen MR) is 72.4 cm³/mol. The molecule has 21 heavy (non-hydrogen) atoms. The third-order valence-electron chi connectivity index (χ3n) is 3.43. The zero-order chi connectivity index (χ0) is 15.0. The fourth-order valence-electron chi connectivity index (χ4n) is 2.49. The van der Waals surface area contributed by atoms with Gasteiger partial charge in [-0.2, -0.15) is 0 Å². The Bertz CT molecular complexity index is 724. The Morgan fingerprint density at radius 2 is 2.24 bits per heavy atom. The highest BCUT2D eigenvalue weighted by Crippen LogP contribution is 2.33. The van der Waals surface area contributed by atoms with Crippen LogP contribution < -0.4 is 4.90 Å². The van der Waals surface area contributed by atoms with E-state index in [9.17, 15) is 19.5 Å². The van der Waals surface area contributed by atoms with Gasteiger partial charge in [0.25, 0.3) is 5.91 Å². The van der Waals surface area contributed by atoms with Crippen molar-refractivity contribution in [3.63, 3.8) is 0 Å². The van der Waals surface area contributed by atoms with E-state index in [1.165, 1.54) is 17.3 Å². The molecule has 1 atom stereocenters. The summed E-state index contributed by atoms with van der Waals surface area (Å²) in [5, 5.41) is 9.33. The number of H-pyrrole nitrogens is 1. The number of amides is 1. The van der Waals surface area contributed by atoms with Crippen molar-refractivity contribution in [3.05, 3.63) is 47.5 Å². The summed E-state index contributed by atoms with van der Waals surface area (Å²) in [7, 11) is 0. The maximum absolute atomic E-state index is 12.4. The minimum atomic E-state index is -1.10. The van der Waals surface area contributed by atoms with Gasteiger partial charge in [0.1, 0.15) is 12.3 Å². The van der Waals surface area contributed by atoms with Crippen LogP contribution in [0.2, 0.25) is 0 Å². The predicted octanol–water partition coefficient (Wildman–Crippen LogP) is 0.878. The number of nitrogens with zero attached hydrogens (tertiary/aromatic N) is 2. The number of imidazole rings is 1. The van der Waals surface area contributed by atoms with Crippen molar-refractivity contribution in [3.8, 4) is 0 Å². The largest absolute Gasteiger partial charge is 0.480 e. The number of carbonyl (C=O) groups is 3. The molecule has 0 spiro atoms. The normalized spacial score (nSPS) is 16.6. The molecule has 0 saturated carbocycles. The van der Waals surface area contributed by atoms with E-state index in [0.29, 0.717) is 23.1 Å². The van der Waals surface area contributed by atoms with E-state index in [0.717, 1.165) is 0 Å². The monoisotopic (exact) mass is 285 g/mol. The molecule has 1 aliphatic heterocycles. The van der Waals surface area contributed by atoms with Crippen LogP contribution >= 0.6 is 0 Å². The van der Waals surface area contributed by atoms with Gasteiger partial charge in [-0.1, -0.05) is 0 Å². The highest BCUT2D eigenvalue weighted by molar-refractivity contribution is 6.09. The number of anilines is 1. The van der Waals surface area contributed by atoms with E-state index >= 15 is 0 Å². The summed E-state index contributed by atoms with van der Waals surface area (Å²) < 4.78 is 0. The van der Waals surface area contributed by atoms with Gasteiger partial charge in [-0.3, -0.25) is 14.5 Å². The van der Waals surface area contributed by atoms with Gasteiger partial charge in [0.2, 0.25) is 0 Å². The summed E-state index contributed by atoms with van der Waals surface area (Å²) in [6, 6.07) is 3.74. The molecule has 1 aliphatic rings. The molecule has 3 rings (SSSR count). The van der Waals surface area contributed by atoms with Gasteiger partial charge in [-0.05, 0) is 23.8 Å². The lowest BCUT2D eigenvalue weighted by Gasteiger charge is -2.21. The van der Waals surface area contributed by atoms with Crippen LogP contribution in [-0.4, -0.2) is 39.3 Å². The summed E-state index contributed by atoms with van der Waals surface area (Å²) in [6.07, 6.45) is 3.77. The molecule has 2 heterocycles. The van der Waals surface area contributed by atoms with Crippen molar-refractivity contribution in [2.45, 2.75) is 12.5 Å². The lowest BCUT2D eigenvalue weighted by atomic mass is 10.1. The van der Waals surface area contributed by atoms with E-state index in [1.54, 1.807) is 18.2 Å². The smallest absolute Gasteiger partial charge is 0.327 e. The number of aliphatic carboxylic acids is 1.